The van der Waals surface area contributed by atoms with Crippen LogP contribution in [0.1, 0.15) is 0 Å². The lowest BCUT2D eigenvalue weighted by molar-refractivity contribution is 0.373. The van der Waals surface area contributed by atoms with E-state index in [0.29, 0.717) is 5.56 Å². The van der Waals surface area contributed by atoms with E-state index < -0.39 is 5.43 Å². The molecule has 0 radical (unpaired) electrons. The van der Waals surface area contributed by atoms with Crippen LogP contribution in [0.15, 0.2) is 45.8 Å². The van der Waals surface area contributed by atoms with E-state index in [4.69, 9.17) is 9.15 Å². The molecule has 22 heavy (non-hydrogen) atoms. The highest BCUT2D eigenvalue weighted by Gasteiger charge is 2.15. The van der Waals surface area contributed by atoms with Gasteiger partial charge in [-0.1, -0.05) is 6.07 Å². The molecule has 6 nitrogen and oxygen atoms in total. The van der Waals surface area contributed by atoms with Crippen LogP contribution in [0.4, 0.5) is 0 Å². The fourth-order valence-electron chi connectivity index (χ4n) is 2.26. The number of fused-ring (bicyclic) bond motifs is 1. The van der Waals surface area contributed by atoms with Crippen LogP contribution in [0.25, 0.3) is 22.1 Å². The fourth-order valence-corrected chi connectivity index (χ4v) is 2.26. The number of phenols is 3. The first-order valence-electron chi connectivity index (χ1n) is 6.36. The number of rotatable bonds is 2. The Hall–Kier alpha value is -3.15. The number of methoxy groups -OCH3 is 1. The van der Waals surface area contributed by atoms with E-state index in [2.05, 4.69) is 0 Å². The lowest BCUT2D eigenvalue weighted by Crippen LogP contribution is -2.05. The van der Waals surface area contributed by atoms with Crippen LogP contribution in [-0.4, -0.2) is 22.4 Å². The first-order valence-corrected chi connectivity index (χ1v) is 6.36. The van der Waals surface area contributed by atoms with Crippen molar-refractivity contribution in [2.24, 2.45) is 0 Å². The Balaban J connectivity index is 2.29. The topological polar surface area (TPSA) is 100 Å². The molecule has 0 saturated carbocycles. The average molecular weight is 300 g/mol. The van der Waals surface area contributed by atoms with Crippen LogP contribution in [0.3, 0.4) is 0 Å². The zero-order valence-corrected chi connectivity index (χ0v) is 11.5. The van der Waals surface area contributed by atoms with Crippen LogP contribution in [0.2, 0.25) is 0 Å². The standard InChI is InChI=1S/C16H12O6/c1-21-13-4-8(2-3-11(13)18)10-7-22-14-6-9(17)5-12(19)15(14)16(10)20/h2-7,17-19H,1H3. The molecule has 2 aromatic carbocycles. The minimum Gasteiger partial charge on any atom is -0.508 e. The van der Waals surface area contributed by atoms with E-state index >= 15 is 0 Å². The lowest BCUT2D eigenvalue weighted by atomic mass is 10.0. The van der Waals surface area contributed by atoms with Crippen LogP contribution in [0, 0.1) is 0 Å². The van der Waals surface area contributed by atoms with Gasteiger partial charge in [0.15, 0.2) is 11.5 Å². The summed E-state index contributed by atoms with van der Waals surface area (Å²) < 4.78 is 10.3. The SMILES string of the molecule is COc1cc(-c2coc3cc(O)cc(O)c3c2=O)ccc1O. The highest BCUT2D eigenvalue weighted by Crippen LogP contribution is 2.33. The Morgan fingerprint density at radius 3 is 2.55 bits per heavy atom. The minimum absolute atomic E-state index is 0.0256. The van der Waals surface area contributed by atoms with Gasteiger partial charge in [-0.3, -0.25) is 4.79 Å². The van der Waals surface area contributed by atoms with E-state index in [9.17, 15) is 20.1 Å². The van der Waals surface area contributed by atoms with Gasteiger partial charge in [-0.05, 0) is 17.7 Å². The van der Waals surface area contributed by atoms with E-state index in [-0.39, 0.29) is 39.5 Å². The molecule has 0 fully saturated rings. The number of hydrogen-bond acceptors (Lipinski definition) is 6. The smallest absolute Gasteiger partial charge is 0.204 e. The molecule has 3 aromatic rings. The molecule has 0 aliphatic carbocycles. The Bertz CT molecular complexity index is 926. The van der Waals surface area contributed by atoms with E-state index in [1.54, 1.807) is 0 Å². The van der Waals surface area contributed by atoms with Gasteiger partial charge in [0.2, 0.25) is 5.43 Å². The Morgan fingerprint density at radius 1 is 1.05 bits per heavy atom. The van der Waals surface area contributed by atoms with Crippen LogP contribution in [-0.2, 0) is 0 Å². The van der Waals surface area contributed by atoms with Crippen LogP contribution in [0.5, 0.6) is 23.0 Å². The second-order valence-corrected chi connectivity index (χ2v) is 4.70. The third-order valence-corrected chi connectivity index (χ3v) is 3.33. The molecule has 0 atom stereocenters. The monoisotopic (exact) mass is 300 g/mol. The number of aromatic hydroxyl groups is 3. The molecule has 3 rings (SSSR count). The third-order valence-electron chi connectivity index (χ3n) is 3.33. The molecule has 0 spiro atoms. The second-order valence-electron chi connectivity index (χ2n) is 4.70. The van der Waals surface area contributed by atoms with Gasteiger partial charge in [0.1, 0.15) is 28.7 Å². The molecule has 0 bridgehead atoms. The molecule has 0 aliphatic rings. The summed E-state index contributed by atoms with van der Waals surface area (Å²) in [7, 11) is 1.40. The summed E-state index contributed by atoms with van der Waals surface area (Å²) in [6.07, 6.45) is 1.23. The molecule has 1 heterocycles. The van der Waals surface area contributed by atoms with E-state index in [1.165, 1.54) is 37.6 Å². The van der Waals surface area contributed by atoms with E-state index in [0.717, 1.165) is 6.07 Å². The predicted octanol–water partition coefficient (Wildman–Crippen LogP) is 2.59. The van der Waals surface area contributed by atoms with Gasteiger partial charge in [-0.25, -0.2) is 0 Å². The lowest BCUT2D eigenvalue weighted by Gasteiger charge is -2.07. The Labute approximate surface area is 124 Å². The minimum atomic E-state index is -0.452. The quantitative estimate of drug-likeness (QED) is 0.672. The third kappa shape index (κ3) is 2.10. The Morgan fingerprint density at radius 2 is 1.82 bits per heavy atom. The van der Waals surface area contributed by atoms with Gasteiger partial charge < -0.3 is 24.5 Å². The molecule has 0 saturated heterocycles. The summed E-state index contributed by atoms with van der Waals surface area (Å²) >= 11 is 0. The molecular formula is C16H12O6. The van der Waals surface area contributed by atoms with Crippen molar-refractivity contribution in [2.75, 3.05) is 7.11 Å². The zero-order chi connectivity index (χ0) is 15.9. The fraction of sp³-hybridized carbons (Fsp3) is 0.0625. The van der Waals surface area contributed by atoms with Crippen LogP contribution < -0.4 is 10.2 Å². The summed E-state index contributed by atoms with van der Waals surface area (Å²) in [5, 5.41) is 28.9. The molecular weight excluding hydrogens is 288 g/mol. The molecule has 0 unspecified atom stereocenters. The largest absolute Gasteiger partial charge is 0.508 e. The zero-order valence-electron chi connectivity index (χ0n) is 11.5. The van der Waals surface area contributed by atoms with Gasteiger partial charge in [-0.15, -0.1) is 0 Å². The summed E-state index contributed by atoms with van der Waals surface area (Å²) in [5.74, 6) is -0.403. The van der Waals surface area contributed by atoms with Crippen molar-refractivity contribution >= 4 is 11.0 Å². The number of hydrogen-bond donors (Lipinski definition) is 3. The molecule has 6 heteroatoms. The van der Waals surface area contributed by atoms with Crippen molar-refractivity contribution in [1.82, 2.24) is 0 Å². The van der Waals surface area contributed by atoms with Crippen molar-refractivity contribution in [2.45, 2.75) is 0 Å². The average Bonchev–Trinajstić information content (AvgIpc) is 2.47. The second kappa shape index (κ2) is 5.00. The van der Waals surface area contributed by atoms with Crippen molar-refractivity contribution in [3.05, 3.63) is 46.8 Å². The maximum Gasteiger partial charge on any atom is 0.204 e. The highest BCUT2D eigenvalue weighted by atomic mass is 16.5. The van der Waals surface area contributed by atoms with Crippen molar-refractivity contribution < 1.29 is 24.5 Å². The predicted molar refractivity (Wildman–Crippen MR) is 79.5 cm³/mol. The van der Waals surface area contributed by atoms with Gasteiger partial charge in [0, 0.05) is 12.1 Å². The molecule has 0 aliphatic heterocycles. The molecule has 1 aromatic heterocycles. The van der Waals surface area contributed by atoms with Crippen molar-refractivity contribution in [3.63, 3.8) is 0 Å². The summed E-state index contributed by atoms with van der Waals surface area (Å²) in [4.78, 5) is 12.5. The number of ether oxygens (including phenoxy) is 1. The number of benzene rings is 2. The summed E-state index contributed by atoms with van der Waals surface area (Å²) in [6.45, 7) is 0. The summed E-state index contributed by atoms with van der Waals surface area (Å²) in [5.41, 5.74) is 0.299. The van der Waals surface area contributed by atoms with Gasteiger partial charge in [0.05, 0.1) is 12.7 Å². The summed E-state index contributed by atoms with van der Waals surface area (Å²) in [6, 6.07) is 6.74. The molecule has 112 valence electrons. The van der Waals surface area contributed by atoms with Gasteiger partial charge in [-0.2, -0.15) is 0 Å². The molecule has 3 N–H and O–H groups in total. The first-order chi connectivity index (χ1) is 10.5. The van der Waals surface area contributed by atoms with Gasteiger partial charge in [0.25, 0.3) is 0 Å². The number of phenolic OH excluding ortho intramolecular Hbond substituents is 3. The van der Waals surface area contributed by atoms with Crippen molar-refractivity contribution in [1.29, 1.82) is 0 Å². The Kier molecular flexibility index (Phi) is 3.14. The maximum atomic E-state index is 12.5. The normalized spacial score (nSPS) is 10.8. The first kappa shape index (κ1) is 13.8. The van der Waals surface area contributed by atoms with Crippen LogP contribution >= 0.6 is 0 Å². The molecule has 0 amide bonds. The van der Waals surface area contributed by atoms with Gasteiger partial charge >= 0.3 is 0 Å². The highest BCUT2D eigenvalue weighted by molar-refractivity contribution is 5.88. The maximum absolute atomic E-state index is 12.5. The van der Waals surface area contributed by atoms with Crippen molar-refractivity contribution in [3.8, 4) is 34.1 Å². The van der Waals surface area contributed by atoms with E-state index in [1.807, 2.05) is 0 Å².